The van der Waals surface area contributed by atoms with Crippen molar-refractivity contribution in [2.45, 2.75) is 20.1 Å². The lowest BCUT2D eigenvalue weighted by Gasteiger charge is -2.10. The van der Waals surface area contributed by atoms with Crippen LogP contribution in [0.5, 0.6) is 5.75 Å². The minimum atomic E-state index is -2.63. The van der Waals surface area contributed by atoms with Crippen molar-refractivity contribution in [1.82, 2.24) is 9.55 Å². The van der Waals surface area contributed by atoms with E-state index < -0.39 is 6.55 Å². The summed E-state index contributed by atoms with van der Waals surface area (Å²) in [5, 5.41) is 0.441. The molecule has 2 aromatic rings. The van der Waals surface area contributed by atoms with E-state index in [0.717, 1.165) is 10.1 Å². The molecule has 0 saturated carbocycles. The molecule has 2 rings (SSSR count). The Hall–Kier alpha value is -1.62. The van der Waals surface area contributed by atoms with Gasteiger partial charge in [0.2, 0.25) is 0 Å². The first-order valence-electron chi connectivity index (χ1n) is 5.26. The molecule has 6 heteroatoms. The van der Waals surface area contributed by atoms with E-state index >= 15 is 0 Å². The Morgan fingerprint density at radius 1 is 1.44 bits per heavy atom. The van der Waals surface area contributed by atoms with Gasteiger partial charge < -0.3 is 4.74 Å². The standard InChI is InChI=1S/C12H11ClF2N2O/c1-8-2-3-9(13)10(6-8)18-7-11-16-4-5-17(11)12(14)15/h2-6,12H,7H2,1H3. The number of aryl methyl sites for hydroxylation is 1. The van der Waals surface area contributed by atoms with Crippen LogP contribution in [0, 0.1) is 6.92 Å². The molecule has 1 aromatic carbocycles. The van der Waals surface area contributed by atoms with Crippen molar-refractivity contribution in [3.63, 3.8) is 0 Å². The van der Waals surface area contributed by atoms with Gasteiger partial charge in [0.25, 0.3) is 0 Å². The van der Waals surface area contributed by atoms with Crippen LogP contribution in [0.1, 0.15) is 17.9 Å². The van der Waals surface area contributed by atoms with Crippen LogP contribution >= 0.6 is 11.6 Å². The summed E-state index contributed by atoms with van der Waals surface area (Å²) in [6, 6.07) is 5.29. The summed E-state index contributed by atoms with van der Waals surface area (Å²) in [6.45, 7) is -0.789. The van der Waals surface area contributed by atoms with E-state index in [2.05, 4.69) is 4.98 Å². The zero-order valence-electron chi connectivity index (χ0n) is 9.61. The second kappa shape index (κ2) is 5.35. The molecule has 0 bridgehead atoms. The van der Waals surface area contributed by atoms with E-state index in [4.69, 9.17) is 16.3 Å². The number of hydrogen-bond donors (Lipinski definition) is 0. The third-order valence-corrected chi connectivity index (χ3v) is 2.71. The molecule has 0 N–H and O–H groups in total. The molecule has 0 saturated heterocycles. The Bertz CT molecular complexity index is 543. The molecule has 0 atom stereocenters. The monoisotopic (exact) mass is 272 g/mol. The zero-order chi connectivity index (χ0) is 13.1. The summed E-state index contributed by atoms with van der Waals surface area (Å²) in [4.78, 5) is 3.82. The summed E-state index contributed by atoms with van der Waals surface area (Å²) in [7, 11) is 0. The van der Waals surface area contributed by atoms with E-state index in [9.17, 15) is 8.78 Å². The lowest BCUT2D eigenvalue weighted by atomic mass is 10.2. The molecule has 1 aromatic heterocycles. The third kappa shape index (κ3) is 2.79. The van der Waals surface area contributed by atoms with Crippen LogP contribution < -0.4 is 4.74 Å². The molecule has 0 spiro atoms. The molecule has 18 heavy (non-hydrogen) atoms. The molecule has 0 aliphatic carbocycles. The number of alkyl halides is 2. The Morgan fingerprint density at radius 3 is 2.94 bits per heavy atom. The first kappa shape index (κ1) is 12.8. The number of aromatic nitrogens is 2. The van der Waals surface area contributed by atoms with Crippen molar-refractivity contribution in [3.8, 4) is 5.75 Å². The second-order valence-electron chi connectivity index (χ2n) is 3.75. The van der Waals surface area contributed by atoms with E-state index in [0.29, 0.717) is 10.8 Å². The number of benzene rings is 1. The molecule has 0 radical (unpaired) electrons. The van der Waals surface area contributed by atoms with Crippen LogP contribution in [0.4, 0.5) is 8.78 Å². The van der Waals surface area contributed by atoms with Crippen LogP contribution in [0.25, 0.3) is 0 Å². The fourth-order valence-corrected chi connectivity index (χ4v) is 1.67. The average molecular weight is 273 g/mol. The van der Waals surface area contributed by atoms with Crippen molar-refractivity contribution in [1.29, 1.82) is 0 Å². The molecule has 0 fully saturated rings. The van der Waals surface area contributed by atoms with Gasteiger partial charge in [-0.3, -0.25) is 4.57 Å². The van der Waals surface area contributed by atoms with E-state index in [-0.39, 0.29) is 12.4 Å². The molecular formula is C12H11ClF2N2O. The normalized spacial score (nSPS) is 10.9. The Morgan fingerprint density at radius 2 is 2.22 bits per heavy atom. The summed E-state index contributed by atoms with van der Waals surface area (Å²) < 4.78 is 31.3. The van der Waals surface area contributed by atoms with Crippen LogP contribution in [-0.2, 0) is 6.61 Å². The molecule has 96 valence electrons. The third-order valence-electron chi connectivity index (χ3n) is 2.40. The molecule has 0 aliphatic rings. The van der Waals surface area contributed by atoms with Gasteiger partial charge in [-0.1, -0.05) is 17.7 Å². The second-order valence-corrected chi connectivity index (χ2v) is 4.16. The quantitative estimate of drug-likeness (QED) is 0.846. The van der Waals surface area contributed by atoms with Crippen molar-refractivity contribution in [2.24, 2.45) is 0 Å². The largest absolute Gasteiger partial charge is 0.484 e. The zero-order valence-corrected chi connectivity index (χ0v) is 10.4. The van der Waals surface area contributed by atoms with Gasteiger partial charge in [0.15, 0.2) is 5.82 Å². The van der Waals surface area contributed by atoms with Gasteiger partial charge in [-0.05, 0) is 24.6 Å². The number of imidazole rings is 1. The fraction of sp³-hybridized carbons (Fsp3) is 0.250. The molecule has 0 amide bonds. The van der Waals surface area contributed by atoms with Crippen LogP contribution in [0.15, 0.2) is 30.6 Å². The SMILES string of the molecule is Cc1ccc(Cl)c(OCc2nccn2C(F)F)c1. The van der Waals surface area contributed by atoms with Gasteiger partial charge >= 0.3 is 6.55 Å². The molecular weight excluding hydrogens is 262 g/mol. The fourth-order valence-electron chi connectivity index (χ4n) is 1.50. The maximum Gasteiger partial charge on any atom is 0.320 e. The van der Waals surface area contributed by atoms with Gasteiger partial charge in [0.05, 0.1) is 5.02 Å². The molecule has 1 heterocycles. The van der Waals surface area contributed by atoms with E-state index in [1.54, 1.807) is 12.1 Å². The van der Waals surface area contributed by atoms with Crippen LogP contribution in [-0.4, -0.2) is 9.55 Å². The maximum atomic E-state index is 12.6. The number of rotatable bonds is 4. The summed E-state index contributed by atoms with van der Waals surface area (Å²) in [5.74, 6) is 0.614. The molecule has 3 nitrogen and oxygen atoms in total. The van der Waals surface area contributed by atoms with Gasteiger partial charge in [0, 0.05) is 12.4 Å². The Balaban J connectivity index is 2.11. The minimum absolute atomic E-state index is 0.0550. The highest BCUT2D eigenvalue weighted by Crippen LogP contribution is 2.26. The topological polar surface area (TPSA) is 27.1 Å². The first-order chi connectivity index (χ1) is 8.58. The summed E-state index contributed by atoms with van der Waals surface area (Å²) in [5.41, 5.74) is 0.978. The van der Waals surface area contributed by atoms with Crippen LogP contribution in [0.3, 0.4) is 0 Å². The maximum absolute atomic E-state index is 12.6. The van der Waals surface area contributed by atoms with Crippen molar-refractivity contribution < 1.29 is 13.5 Å². The summed E-state index contributed by atoms with van der Waals surface area (Å²) >= 11 is 5.94. The van der Waals surface area contributed by atoms with Crippen molar-refractivity contribution in [3.05, 3.63) is 47.0 Å². The van der Waals surface area contributed by atoms with Crippen LogP contribution in [0.2, 0.25) is 5.02 Å². The predicted molar refractivity (Wildman–Crippen MR) is 64.0 cm³/mol. The van der Waals surface area contributed by atoms with Crippen molar-refractivity contribution >= 4 is 11.6 Å². The highest BCUT2D eigenvalue weighted by atomic mass is 35.5. The first-order valence-corrected chi connectivity index (χ1v) is 5.64. The smallest absolute Gasteiger partial charge is 0.320 e. The van der Waals surface area contributed by atoms with Gasteiger partial charge in [-0.15, -0.1) is 0 Å². The average Bonchev–Trinajstić information content (AvgIpc) is 2.79. The van der Waals surface area contributed by atoms with Gasteiger partial charge in [-0.25, -0.2) is 4.98 Å². The highest BCUT2D eigenvalue weighted by molar-refractivity contribution is 6.32. The minimum Gasteiger partial charge on any atom is -0.484 e. The Labute approximate surface area is 108 Å². The summed E-state index contributed by atoms with van der Waals surface area (Å²) in [6.07, 6.45) is 2.52. The molecule has 0 aliphatic heterocycles. The predicted octanol–water partition coefficient (Wildman–Crippen LogP) is 3.82. The highest BCUT2D eigenvalue weighted by Gasteiger charge is 2.12. The lowest BCUT2D eigenvalue weighted by molar-refractivity contribution is 0.0632. The lowest BCUT2D eigenvalue weighted by Crippen LogP contribution is -2.07. The molecule has 0 unspecified atom stereocenters. The van der Waals surface area contributed by atoms with Gasteiger partial charge in [0.1, 0.15) is 12.4 Å². The number of hydrogen-bond acceptors (Lipinski definition) is 2. The van der Waals surface area contributed by atoms with Gasteiger partial charge in [-0.2, -0.15) is 8.78 Å². The number of halogens is 3. The number of ether oxygens (including phenoxy) is 1. The number of nitrogens with zero attached hydrogens (tertiary/aromatic N) is 2. The van der Waals surface area contributed by atoms with E-state index in [1.807, 2.05) is 13.0 Å². The van der Waals surface area contributed by atoms with Crippen molar-refractivity contribution in [2.75, 3.05) is 0 Å². The van der Waals surface area contributed by atoms with E-state index in [1.165, 1.54) is 12.4 Å². The Kier molecular flexibility index (Phi) is 3.81.